The summed E-state index contributed by atoms with van der Waals surface area (Å²) in [7, 11) is -1.72. The zero-order valence-corrected chi connectivity index (χ0v) is 17.2. The lowest BCUT2D eigenvalue weighted by atomic mass is 10.2. The average molecular weight is 427 g/mol. The molecule has 0 aliphatic carbocycles. The molecule has 0 spiro atoms. The lowest BCUT2D eigenvalue weighted by Crippen LogP contribution is -2.20. The number of aromatic amines is 1. The minimum atomic E-state index is -3.32. The standard InChI is InChI=1S/C20H21N5O4S/c1-29-17-10-6-15(7-11-17)20-22-18(23-24-20)13-21-19(26)12-5-14-3-8-16(9-4-14)25-30(2,27)28/h3-12,25H,13H2,1-2H3,(H,21,26)(H,22,23,24)/b12-5+. The number of anilines is 1. The number of nitrogens with zero attached hydrogens (tertiary/aromatic N) is 2. The van der Waals surface area contributed by atoms with Crippen LogP contribution in [0.5, 0.6) is 5.75 Å². The van der Waals surface area contributed by atoms with Crippen LogP contribution in [-0.4, -0.2) is 42.9 Å². The average Bonchev–Trinajstić information content (AvgIpc) is 3.20. The number of sulfonamides is 1. The van der Waals surface area contributed by atoms with E-state index in [9.17, 15) is 13.2 Å². The molecule has 0 radical (unpaired) electrons. The van der Waals surface area contributed by atoms with Crippen molar-refractivity contribution in [1.82, 2.24) is 20.5 Å². The Morgan fingerprint density at radius 2 is 1.83 bits per heavy atom. The summed E-state index contributed by atoms with van der Waals surface area (Å²) < 4.78 is 29.9. The SMILES string of the molecule is COc1ccc(-c2n[nH]c(CNC(=O)/C=C/c3ccc(NS(C)(=O)=O)cc3)n2)cc1. The summed E-state index contributed by atoms with van der Waals surface area (Å²) in [6, 6.07) is 14.0. The summed E-state index contributed by atoms with van der Waals surface area (Å²) in [6.45, 7) is 0.198. The van der Waals surface area contributed by atoms with Crippen LogP contribution in [0.3, 0.4) is 0 Å². The second-order valence-corrected chi connectivity index (χ2v) is 8.13. The molecule has 0 atom stereocenters. The Kier molecular flexibility index (Phi) is 6.48. The number of nitrogens with one attached hydrogen (secondary N) is 3. The number of aromatic nitrogens is 3. The summed E-state index contributed by atoms with van der Waals surface area (Å²) in [4.78, 5) is 16.4. The maximum atomic E-state index is 12.0. The third-order valence-electron chi connectivity index (χ3n) is 3.95. The van der Waals surface area contributed by atoms with Gasteiger partial charge in [-0.05, 0) is 48.0 Å². The molecule has 30 heavy (non-hydrogen) atoms. The van der Waals surface area contributed by atoms with Gasteiger partial charge in [-0.1, -0.05) is 12.1 Å². The molecule has 0 aliphatic heterocycles. The summed E-state index contributed by atoms with van der Waals surface area (Å²) in [5.41, 5.74) is 2.04. The molecule has 1 amide bonds. The van der Waals surface area contributed by atoms with Gasteiger partial charge < -0.3 is 10.1 Å². The molecule has 0 bridgehead atoms. The van der Waals surface area contributed by atoms with Crippen LogP contribution in [0.15, 0.2) is 54.6 Å². The summed E-state index contributed by atoms with van der Waals surface area (Å²) >= 11 is 0. The van der Waals surface area contributed by atoms with Crippen molar-refractivity contribution in [2.45, 2.75) is 6.54 Å². The predicted molar refractivity (Wildman–Crippen MR) is 114 cm³/mol. The molecule has 0 fully saturated rings. The first-order valence-electron chi connectivity index (χ1n) is 8.92. The zero-order chi connectivity index (χ0) is 21.6. The number of rotatable bonds is 8. The number of methoxy groups -OCH3 is 1. The normalized spacial score (nSPS) is 11.4. The number of hydrogen-bond donors (Lipinski definition) is 3. The van der Waals surface area contributed by atoms with Gasteiger partial charge >= 0.3 is 0 Å². The topological polar surface area (TPSA) is 126 Å². The first-order chi connectivity index (χ1) is 14.3. The third-order valence-corrected chi connectivity index (χ3v) is 4.56. The highest BCUT2D eigenvalue weighted by Crippen LogP contribution is 2.18. The molecule has 9 nitrogen and oxygen atoms in total. The molecule has 3 aromatic rings. The van der Waals surface area contributed by atoms with Crippen molar-refractivity contribution in [2.75, 3.05) is 18.1 Å². The summed E-state index contributed by atoms with van der Waals surface area (Å²) in [5, 5.41) is 9.68. The molecule has 0 saturated heterocycles. The minimum absolute atomic E-state index is 0.198. The van der Waals surface area contributed by atoms with Crippen LogP contribution < -0.4 is 14.8 Å². The molecule has 1 heterocycles. The van der Waals surface area contributed by atoms with E-state index < -0.39 is 10.0 Å². The van der Waals surface area contributed by atoms with Crippen LogP contribution in [0, 0.1) is 0 Å². The van der Waals surface area contributed by atoms with Crippen LogP contribution >= 0.6 is 0 Å². The molecule has 2 aromatic carbocycles. The number of ether oxygens (including phenoxy) is 1. The van der Waals surface area contributed by atoms with E-state index in [2.05, 4.69) is 25.2 Å². The van der Waals surface area contributed by atoms with Gasteiger partial charge in [-0.3, -0.25) is 14.6 Å². The van der Waals surface area contributed by atoms with E-state index in [0.717, 1.165) is 23.1 Å². The van der Waals surface area contributed by atoms with Crippen LogP contribution in [0.1, 0.15) is 11.4 Å². The molecular formula is C20H21N5O4S. The molecule has 0 aliphatic rings. The lowest BCUT2D eigenvalue weighted by molar-refractivity contribution is -0.116. The fourth-order valence-corrected chi connectivity index (χ4v) is 3.09. The second kappa shape index (κ2) is 9.23. The van der Waals surface area contributed by atoms with E-state index in [0.29, 0.717) is 17.3 Å². The predicted octanol–water partition coefficient (Wildman–Crippen LogP) is 2.18. The van der Waals surface area contributed by atoms with Gasteiger partial charge in [-0.2, -0.15) is 5.10 Å². The number of carbonyl (C=O) groups excluding carboxylic acids is 1. The molecule has 0 saturated carbocycles. The van der Waals surface area contributed by atoms with Gasteiger partial charge in [0.2, 0.25) is 15.9 Å². The van der Waals surface area contributed by atoms with Gasteiger partial charge in [0.05, 0.1) is 19.9 Å². The maximum absolute atomic E-state index is 12.0. The molecule has 1 aromatic heterocycles. The summed E-state index contributed by atoms with van der Waals surface area (Å²) in [6.07, 6.45) is 4.10. The van der Waals surface area contributed by atoms with Gasteiger partial charge in [0.25, 0.3) is 0 Å². The van der Waals surface area contributed by atoms with Gasteiger partial charge in [0, 0.05) is 17.3 Å². The fraction of sp³-hybridized carbons (Fsp3) is 0.150. The Labute approximate surface area is 174 Å². The highest BCUT2D eigenvalue weighted by Gasteiger charge is 2.07. The highest BCUT2D eigenvalue weighted by molar-refractivity contribution is 7.92. The number of benzene rings is 2. The smallest absolute Gasteiger partial charge is 0.244 e. The van der Waals surface area contributed by atoms with E-state index in [1.54, 1.807) is 37.5 Å². The largest absolute Gasteiger partial charge is 0.497 e. The van der Waals surface area contributed by atoms with E-state index in [1.807, 2.05) is 24.3 Å². The molecule has 3 N–H and O–H groups in total. The van der Waals surface area contributed by atoms with Gasteiger partial charge in [-0.15, -0.1) is 0 Å². The van der Waals surface area contributed by atoms with Crippen LogP contribution in [0.25, 0.3) is 17.5 Å². The van der Waals surface area contributed by atoms with Crippen LogP contribution in [0.2, 0.25) is 0 Å². The first kappa shape index (κ1) is 21.1. The molecule has 3 rings (SSSR count). The van der Waals surface area contributed by atoms with Gasteiger partial charge in [0.1, 0.15) is 11.6 Å². The monoisotopic (exact) mass is 427 g/mol. The number of H-pyrrole nitrogens is 1. The van der Waals surface area contributed by atoms with Crippen molar-refractivity contribution in [3.8, 4) is 17.1 Å². The van der Waals surface area contributed by atoms with E-state index in [-0.39, 0.29) is 12.5 Å². The van der Waals surface area contributed by atoms with Crippen molar-refractivity contribution in [2.24, 2.45) is 0 Å². The summed E-state index contributed by atoms with van der Waals surface area (Å²) in [5.74, 6) is 1.50. The van der Waals surface area contributed by atoms with Crippen molar-refractivity contribution in [3.05, 3.63) is 66.0 Å². The van der Waals surface area contributed by atoms with Crippen LogP contribution in [-0.2, 0) is 21.4 Å². The van der Waals surface area contributed by atoms with Crippen LogP contribution in [0.4, 0.5) is 5.69 Å². The number of amides is 1. The Balaban J connectivity index is 1.52. The maximum Gasteiger partial charge on any atom is 0.244 e. The molecule has 156 valence electrons. The molecule has 10 heteroatoms. The fourth-order valence-electron chi connectivity index (χ4n) is 2.52. The van der Waals surface area contributed by atoms with E-state index in [1.165, 1.54) is 6.08 Å². The van der Waals surface area contributed by atoms with Crippen molar-refractivity contribution >= 4 is 27.7 Å². The Hall–Kier alpha value is -3.66. The molecule has 0 unspecified atom stereocenters. The molecular weight excluding hydrogens is 406 g/mol. The zero-order valence-electron chi connectivity index (χ0n) is 16.4. The second-order valence-electron chi connectivity index (χ2n) is 6.38. The Morgan fingerprint density at radius 1 is 1.13 bits per heavy atom. The lowest BCUT2D eigenvalue weighted by Gasteiger charge is -2.03. The Bertz CT molecular complexity index is 1140. The third kappa shape index (κ3) is 6.17. The Morgan fingerprint density at radius 3 is 2.47 bits per heavy atom. The van der Waals surface area contributed by atoms with Gasteiger partial charge in [-0.25, -0.2) is 13.4 Å². The highest BCUT2D eigenvalue weighted by atomic mass is 32.2. The van der Waals surface area contributed by atoms with Crippen molar-refractivity contribution in [3.63, 3.8) is 0 Å². The van der Waals surface area contributed by atoms with Crippen molar-refractivity contribution < 1.29 is 17.9 Å². The number of hydrogen-bond acceptors (Lipinski definition) is 6. The van der Waals surface area contributed by atoms with Gasteiger partial charge in [0.15, 0.2) is 5.82 Å². The number of carbonyl (C=O) groups is 1. The quantitative estimate of drug-likeness (QED) is 0.473. The van der Waals surface area contributed by atoms with E-state index >= 15 is 0 Å². The van der Waals surface area contributed by atoms with Crippen molar-refractivity contribution in [1.29, 1.82) is 0 Å². The van der Waals surface area contributed by atoms with E-state index in [4.69, 9.17) is 4.74 Å². The minimum Gasteiger partial charge on any atom is -0.497 e. The first-order valence-corrected chi connectivity index (χ1v) is 10.8.